The first-order valence-corrected chi connectivity index (χ1v) is 6.76. The standard InChI is InChI=1S/C15H22FNO/c1-12-6-8-17(10-14(12)11-18)9-7-13-2-4-15(16)5-3-13/h2-5,12,14,18H,6-11H2,1H3. The van der Waals surface area contributed by atoms with Gasteiger partial charge in [0, 0.05) is 19.7 Å². The van der Waals surface area contributed by atoms with Crippen molar-refractivity contribution < 1.29 is 9.50 Å². The Morgan fingerprint density at radius 1 is 1.33 bits per heavy atom. The van der Waals surface area contributed by atoms with Crippen molar-refractivity contribution in [2.45, 2.75) is 19.8 Å². The molecule has 0 amide bonds. The van der Waals surface area contributed by atoms with Crippen molar-refractivity contribution in [3.63, 3.8) is 0 Å². The molecule has 3 heteroatoms. The van der Waals surface area contributed by atoms with E-state index in [1.54, 1.807) is 0 Å². The van der Waals surface area contributed by atoms with Crippen LogP contribution in [-0.2, 0) is 6.42 Å². The monoisotopic (exact) mass is 251 g/mol. The van der Waals surface area contributed by atoms with Gasteiger partial charge in [0.2, 0.25) is 0 Å². The van der Waals surface area contributed by atoms with Crippen LogP contribution in [0.4, 0.5) is 4.39 Å². The molecule has 2 nitrogen and oxygen atoms in total. The molecule has 1 N–H and O–H groups in total. The summed E-state index contributed by atoms with van der Waals surface area (Å²) in [7, 11) is 0. The lowest BCUT2D eigenvalue weighted by molar-refractivity contribution is 0.0808. The molecule has 1 saturated heterocycles. The van der Waals surface area contributed by atoms with Crippen LogP contribution >= 0.6 is 0 Å². The van der Waals surface area contributed by atoms with Crippen LogP contribution in [0.2, 0.25) is 0 Å². The SMILES string of the molecule is CC1CCN(CCc2ccc(F)cc2)CC1CO. The van der Waals surface area contributed by atoms with E-state index < -0.39 is 0 Å². The number of hydrogen-bond donors (Lipinski definition) is 1. The van der Waals surface area contributed by atoms with Gasteiger partial charge in [-0.3, -0.25) is 0 Å². The molecule has 2 unspecified atom stereocenters. The fraction of sp³-hybridized carbons (Fsp3) is 0.600. The Kier molecular flexibility index (Phi) is 4.72. The zero-order valence-electron chi connectivity index (χ0n) is 11.0. The highest BCUT2D eigenvalue weighted by molar-refractivity contribution is 5.16. The normalized spacial score (nSPS) is 25.3. The number of nitrogens with zero attached hydrogens (tertiary/aromatic N) is 1. The van der Waals surface area contributed by atoms with E-state index in [1.165, 1.54) is 17.7 Å². The highest BCUT2D eigenvalue weighted by Crippen LogP contribution is 2.22. The number of aliphatic hydroxyl groups is 1. The molecule has 1 fully saturated rings. The number of piperidine rings is 1. The van der Waals surface area contributed by atoms with Gasteiger partial charge >= 0.3 is 0 Å². The third-order valence-electron chi connectivity index (χ3n) is 4.06. The van der Waals surface area contributed by atoms with Crippen LogP contribution in [0.25, 0.3) is 0 Å². The highest BCUT2D eigenvalue weighted by Gasteiger charge is 2.24. The van der Waals surface area contributed by atoms with Gasteiger partial charge in [0.25, 0.3) is 0 Å². The van der Waals surface area contributed by atoms with E-state index in [-0.39, 0.29) is 12.4 Å². The molecule has 2 atom stereocenters. The molecule has 1 aromatic carbocycles. The second-order valence-electron chi connectivity index (χ2n) is 5.39. The number of hydrogen-bond acceptors (Lipinski definition) is 2. The Morgan fingerprint density at radius 2 is 2.06 bits per heavy atom. The van der Waals surface area contributed by atoms with Gasteiger partial charge in [0.1, 0.15) is 5.82 Å². The van der Waals surface area contributed by atoms with Crippen LogP contribution in [-0.4, -0.2) is 36.2 Å². The molecule has 0 saturated carbocycles. The Balaban J connectivity index is 1.81. The number of halogens is 1. The van der Waals surface area contributed by atoms with Crippen LogP contribution in [0, 0.1) is 17.7 Å². The molecular weight excluding hydrogens is 229 g/mol. The molecule has 0 spiro atoms. The van der Waals surface area contributed by atoms with Crippen LogP contribution in [0.3, 0.4) is 0 Å². The van der Waals surface area contributed by atoms with E-state index in [9.17, 15) is 9.50 Å². The van der Waals surface area contributed by atoms with Gasteiger partial charge in [-0.15, -0.1) is 0 Å². The van der Waals surface area contributed by atoms with Crippen LogP contribution in [0.5, 0.6) is 0 Å². The summed E-state index contributed by atoms with van der Waals surface area (Å²) in [6, 6.07) is 6.74. The summed E-state index contributed by atoms with van der Waals surface area (Å²) in [5.74, 6) is 0.856. The number of rotatable bonds is 4. The zero-order valence-corrected chi connectivity index (χ0v) is 11.0. The lowest BCUT2D eigenvalue weighted by Crippen LogP contribution is -2.41. The third-order valence-corrected chi connectivity index (χ3v) is 4.06. The van der Waals surface area contributed by atoms with Crippen molar-refractivity contribution in [2.24, 2.45) is 11.8 Å². The summed E-state index contributed by atoms with van der Waals surface area (Å²) in [6.07, 6.45) is 2.11. The second-order valence-corrected chi connectivity index (χ2v) is 5.39. The topological polar surface area (TPSA) is 23.5 Å². The van der Waals surface area contributed by atoms with E-state index in [2.05, 4.69) is 11.8 Å². The van der Waals surface area contributed by atoms with Crippen molar-refractivity contribution in [3.8, 4) is 0 Å². The maximum absolute atomic E-state index is 12.8. The molecule has 2 rings (SSSR count). The third kappa shape index (κ3) is 3.53. The number of benzene rings is 1. The van der Waals surface area contributed by atoms with E-state index in [0.717, 1.165) is 32.5 Å². The fourth-order valence-corrected chi connectivity index (χ4v) is 2.60. The molecule has 1 aliphatic rings. The van der Waals surface area contributed by atoms with Crippen LogP contribution in [0.15, 0.2) is 24.3 Å². The molecule has 0 radical (unpaired) electrons. The lowest BCUT2D eigenvalue weighted by Gasteiger charge is -2.36. The minimum atomic E-state index is -0.175. The number of likely N-dealkylation sites (tertiary alicyclic amines) is 1. The Hall–Kier alpha value is -0.930. The van der Waals surface area contributed by atoms with E-state index in [4.69, 9.17) is 0 Å². The summed E-state index contributed by atoms with van der Waals surface area (Å²) < 4.78 is 12.8. The van der Waals surface area contributed by atoms with Gasteiger partial charge in [-0.1, -0.05) is 19.1 Å². The van der Waals surface area contributed by atoms with Gasteiger partial charge in [0.05, 0.1) is 0 Å². The summed E-state index contributed by atoms with van der Waals surface area (Å²) in [5.41, 5.74) is 1.18. The fourth-order valence-electron chi connectivity index (χ4n) is 2.60. The summed E-state index contributed by atoms with van der Waals surface area (Å²) in [5, 5.41) is 9.33. The second kappa shape index (κ2) is 6.30. The smallest absolute Gasteiger partial charge is 0.123 e. The molecule has 100 valence electrons. The van der Waals surface area contributed by atoms with Gasteiger partial charge in [-0.25, -0.2) is 4.39 Å². The Morgan fingerprint density at radius 3 is 2.72 bits per heavy atom. The molecule has 0 aliphatic carbocycles. The maximum Gasteiger partial charge on any atom is 0.123 e. The highest BCUT2D eigenvalue weighted by atomic mass is 19.1. The van der Waals surface area contributed by atoms with Crippen molar-refractivity contribution in [1.82, 2.24) is 4.90 Å². The number of aliphatic hydroxyl groups excluding tert-OH is 1. The summed E-state index contributed by atoms with van der Waals surface area (Å²) >= 11 is 0. The molecule has 1 heterocycles. The first kappa shape index (κ1) is 13.5. The summed E-state index contributed by atoms with van der Waals surface area (Å²) in [4.78, 5) is 2.41. The maximum atomic E-state index is 12.8. The van der Waals surface area contributed by atoms with Gasteiger partial charge in [-0.2, -0.15) is 0 Å². The largest absolute Gasteiger partial charge is 0.396 e. The predicted molar refractivity (Wildman–Crippen MR) is 70.9 cm³/mol. The van der Waals surface area contributed by atoms with Gasteiger partial charge in [0.15, 0.2) is 0 Å². The van der Waals surface area contributed by atoms with Gasteiger partial charge in [-0.05, 0) is 48.9 Å². The lowest BCUT2D eigenvalue weighted by atomic mass is 9.87. The van der Waals surface area contributed by atoms with Crippen LogP contribution in [0.1, 0.15) is 18.9 Å². The molecular formula is C15H22FNO. The molecule has 0 bridgehead atoms. The minimum Gasteiger partial charge on any atom is -0.396 e. The Labute approximate surface area is 108 Å². The molecule has 18 heavy (non-hydrogen) atoms. The Bertz CT molecular complexity index is 365. The molecule has 1 aromatic rings. The van der Waals surface area contributed by atoms with Crippen molar-refractivity contribution in [2.75, 3.05) is 26.2 Å². The zero-order chi connectivity index (χ0) is 13.0. The van der Waals surface area contributed by atoms with Crippen molar-refractivity contribution in [3.05, 3.63) is 35.6 Å². The first-order valence-electron chi connectivity index (χ1n) is 6.76. The quantitative estimate of drug-likeness (QED) is 0.887. The van der Waals surface area contributed by atoms with E-state index >= 15 is 0 Å². The average Bonchev–Trinajstić information content (AvgIpc) is 2.39. The van der Waals surface area contributed by atoms with Crippen LogP contribution < -0.4 is 0 Å². The first-order chi connectivity index (χ1) is 8.69. The summed E-state index contributed by atoms with van der Waals surface area (Å²) in [6.45, 7) is 5.60. The van der Waals surface area contributed by atoms with E-state index in [0.29, 0.717) is 11.8 Å². The minimum absolute atomic E-state index is 0.175. The van der Waals surface area contributed by atoms with E-state index in [1.807, 2.05) is 12.1 Å². The average molecular weight is 251 g/mol. The predicted octanol–water partition coefficient (Wildman–Crippen LogP) is 2.32. The van der Waals surface area contributed by atoms with Crippen molar-refractivity contribution in [1.29, 1.82) is 0 Å². The molecule has 1 aliphatic heterocycles. The van der Waals surface area contributed by atoms with Gasteiger partial charge < -0.3 is 10.0 Å². The van der Waals surface area contributed by atoms with Crippen molar-refractivity contribution >= 4 is 0 Å². The molecule has 0 aromatic heterocycles.